The van der Waals surface area contributed by atoms with Gasteiger partial charge in [0.05, 0.1) is 6.04 Å². The molecule has 0 bridgehead atoms. The van der Waals surface area contributed by atoms with Crippen molar-refractivity contribution < 1.29 is 0 Å². The molecule has 3 nitrogen and oxygen atoms in total. The van der Waals surface area contributed by atoms with Crippen molar-refractivity contribution in [3.8, 4) is 10.6 Å². The van der Waals surface area contributed by atoms with Crippen LogP contribution in [0, 0.1) is 0 Å². The van der Waals surface area contributed by atoms with Gasteiger partial charge in [-0.1, -0.05) is 30.4 Å². The average molecular weight is 293 g/mol. The maximum atomic E-state index is 4.29. The van der Waals surface area contributed by atoms with Crippen LogP contribution in [0.4, 0.5) is 0 Å². The number of benzene rings is 1. The SMILES string of the molecule is CCCNC(C)c1nnc(-c2ccc(SC)cc2)s1. The van der Waals surface area contributed by atoms with Gasteiger partial charge in [-0.3, -0.25) is 0 Å². The largest absolute Gasteiger partial charge is 0.308 e. The van der Waals surface area contributed by atoms with Crippen molar-refractivity contribution in [3.63, 3.8) is 0 Å². The summed E-state index contributed by atoms with van der Waals surface area (Å²) in [6.07, 6.45) is 3.21. The van der Waals surface area contributed by atoms with Gasteiger partial charge in [0.25, 0.3) is 0 Å². The molecule has 0 aliphatic carbocycles. The van der Waals surface area contributed by atoms with Crippen LogP contribution in [0.1, 0.15) is 31.3 Å². The highest BCUT2D eigenvalue weighted by Gasteiger charge is 2.12. The highest BCUT2D eigenvalue weighted by molar-refractivity contribution is 7.98. The summed E-state index contributed by atoms with van der Waals surface area (Å²) in [6.45, 7) is 5.31. The molecule has 0 spiro atoms. The Bertz CT molecular complexity index is 508. The molecule has 0 aliphatic heterocycles. The van der Waals surface area contributed by atoms with Crippen molar-refractivity contribution in [2.75, 3.05) is 12.8 Å². The van der Waals surface area contributed by atoms with Crippen molar-refractivity contribution in [3.05, 3.63) is 29.3 Å². The zero-order valence-electron chi connectivity index (χ0n) is 11.5. The topological polar surface area (TPSA) is 37.8 Å². The number of aromatic nitrogens is 2. The van der Waals surface area contributed by atoms with Crippen LogP contribution in [-0.4, -0.2) is 23.0 Å². The molecule has 0 saturated heterocycles. The summed E-state index contributed by atoms with van der Waals surface area (Å²) in [4.78, 5) is 1.27. The molecule has 0 aliphatic rings. The standard InChI is InChI=1S/C14H19N3S2/c1-4-9-15-10(2)13-16-17-14(19-13)11-5-7-12(18-3)8-6-11/h5-8,10,15H,4,9H2,1-3H3. The van der Waals surface area contributed by atoms with Gasteiger partial charge in [0.2, 0.25) is 0 Å². The van der Waals surface area contributed by atoms with Crippen LogP contribution in [0.15, 0.2) is 29.2 Å². The summed E-state index contributed by atoms with van der Waals surface area (Å²) in [5.74, 6) is 0. The third-order valence-electron chi connectivity index (χ3n) is 2.85. The van der Waals surface area contributed by atoms with Crippen LogP contribution in [0.25, 0.3) is 10.6 Å². The highest BCUT2D eigenvalue weighted by atomic mass is 32.2. The van der Waals surface area contributed by atoms with Gasteiger partial charge in [-0.25, -0.2) is 0 Å². The number of nitrogens with zero attached hydrogens (tertiary/aromatic N) is 2. The fourth-order valence-corrected chi connectivity index (χ4v) is 2.99. The molecule has 0 fully saturated rings. The van der Waals surface area contributed by atoms with Gasteiger partial charge in [-0.05, 0) is 38.3 Å². The van der Waals surface area contributed by atoms with Crippen molar-refractivity contribution in [1.29, 1.82) is 0 Å². The van der Waals surface area contributed by atoms with Crippen LogP contribution < -0.4 is 5.32 Å². The summed E-state index contributed by atoms with van der Waals surface area (Å²) >= 11 is 3.42. The van der Waals surface area contributed by atoms with Crippen molar-refractivity contribution >= 4 is 23.1 Å². The molecule has 1 heterocycles. The van der Waals surface area contributed by atoms with Gasteiger partial charge < -0.3 is 5.32 Å². The van der Waals surface area contributed by atoms with Crippen LogP contribution in [-0.2, 0) is 0 Å². The first-order valence-corrected chi connectivity index (χ1v) is 8.50. The van der Waals surface area contributed by atoms with E-state index in [1.807, 2.05) is 0 Å². The first-order chi connectivity index (χ1) is 9.24. The minimum absolute atomic E-state index is 0.275. The van der Waals surface area contributed by atoms with Gasteiger partial charge in [0.15, 0.2) is 0 Å². The van der Waals surface area contributed by atoms with E-state index in [0.717, 1.165) is 28.5 Å². The summed E-state index contributed by atoms with van der Waals surface area (Å²) < 4.78 is 0. The molecule has 0 radical (unpaired) electrons. The van der Waals surface area contributed by atoms with Crippen LogP contribution in [0.5, 0.6) is 0 Å². The van der Waals surface area contributed by atoms with E-state index in [1.165, 1.54) is 4.90 Å². The van der Waals surface area contributed by atoms with E-state index in [4.69, 9.17) is 0 Å². The monoisotopic (exact) mass is 293 g/mol. The molecule has 2 rings (SSSR count). The molecule has 0 amide bonds. The summed E-state index contributed by atoms with van der Waals surface area (Å²) in [7, 11) is 0. The van der Waals surface area contributed by atoms with Gasteiger partial charge in [-0.2, -0.15) is 0 Å². The second-order valence-electron chi connectivity index (χ2n) is 4.35. The number of rotatable bonds is 6. The van der Waals surface area contributed by atoms with E-state index in [1.54, 1.807) is 23.1 Å². The number of hydrogen-bond donors (Lipinski definition) is 1. The minimum atomic E-state index is 0.275. The molecular weight excluding hydrogens is 274 g/mol. The van der Waals surface area contributed by atoms with E-state index < -0.39 is 0 Å². The number of nitrogens with one attached hydrogen (secondary N) is 1. The molecule has 5 heteroatoms. The van der Waals surface area contributed by atoms with E-state index >= 15 is 0 Å². The zero-order chi connectivity index (χ0) is 13.7. The predicted molar refractivity (Wildman–Crippen MR) is 83.8 cm³/mol. The fourth-order valence-electron chi connectivity index (χ4n) is 1.71. The molecular formula is C14H19N3S2. The van der Waals surface area contributed by atoms with Crippen molar-refractivity contribution in [2.45, 2.75) is 31.2 Å². The Morgan fingerprint density at radius 2 is 2.00 bits per heavy atom. The van der Waals surface area contributed by atoms with Crippen molar-refractivity contribution in [1.82, 2.24) is 15.5 Å². The molecule has 102 valence electrons. The van der Waals surface area contributed by atoms with Crippen LogP contribution in [0.2, 0.25) is 0 Å². The summed E-state index contributed by atoms with van der Waals surface area (Å²) in [6, 6.07) is 8.75. The molecule has 1 N–H and O–H groups in total. The molecule has 1 unspecified atom stereocenters. The molecule has 1 aromatic heterocycles. The lowest BCUT2D eigenvalue weighted by Gasteiger charge is -2.08. The van der Waals surface area contributed by atoms with Gasteiger partial charge in [-0.15, -0.1) is 22.0 Å². The van der Waals surface area contributed by atoms with Crippen molar-refractivity contribution in [2.24, 2.45) is 0 Å². The Labute approximate surface area is 122 Å². The second-order valence-corrected chi connectivity index (χ2v) is 6.24. The lowest BCUT2D eigenvalue weighted by Crippen LogP contribution is -2.18. The van der Waals surface area contributed by atoms with Gasteiger partial charge in [0.1, 0.15) is 10.0 Å². The molecule has 19 heavy (non-hydrogen) atoms. The Hall–Kier alpha value is -0.910. The van der Waals surface area contributed by atoms with Gasteiger partial charge in [0, 0.05) is 10.5 Å². The Balaban J connectivity index is 2.11. The highest BCUT2D eigenvalue weighted by Crippen LogP contribution is 2.28. The minimum Gasteiger partial charge on any atom is -0.308 e. The lowest BCUT2D eigenvalue weighted by atomic mass is 10.2. The summed E-state index contributed by atoms with van der Waals surface area (Å²) in [5.41, 5.74) is 1.14. The molecule has 1 aromatic carbocycles. The Morgan fingerprint density at radius 3 is 2.63 bits per heavy atom. The predicted octanol–water partition coefficient (Wildman–Crippen LogP) is 3.99. The first-order valence-electron chi connectivity index (χ1n) is 6.45. The van der Waals surface area contributed by atoms with Crippen LogP contribution in [0.3, 0.4) is 0 Å². The normalized spacial score (nSPS) is 12.6. The van der Waals surface area contributed by atoms with E-state index in [0.29, 0.717) is 0 Å². The zero-order valence-corrected chi connectivity index (χ0v) is 13.1. The number of hydrogen-bond acceptors (Lipinski definition) is 5. The maximum Gasteiger partial charge on any atom is 0.147 e. The first kappa shape index (κ1) is 14.5. The van der Waals surface area contributed by atoms with E-state index in [9.17, 15) is 0 Å². The average Bonchev–Trinajstić information content (AvgIpc) is 2.94. The molecule has 0 saturated carbocycles. The fraction of sp³-hybridized carbons (Fsp3) is 0.429. The summed E-state index contributed by atoms with van der Waals surface area (Å²) in [5, 5.41) is 14.1. The molecule has 1 atom stereocenters. The third-order valence-corrected chi connectivity index (χ3v) is 4.75. The Morgan fingerprint density at radius 1 is 1.26 bits per heavy atom. The smallest absolute Gasteiger partial charge is 0.147 e. The van der Waals surface area contributed by atoms with Gasteiger partial charge >= 0.3 is 0 Å². The van der Waals surface area contributed by atoms with Crippen LogP contribution >= 0.6 is 23.1 Å². The quantitative estimate of drug-likeness (QED) is 0.817. The van der Waals surface area contributed by atoms with E-state index in [2.05, 4.69) is 59.9 Å². The number of thioether (sulfide) groups is 1. The maximum absolute atomic E-state index is 4.29. The third kappa shape index (κ3) is 3.78. The lowest BCUT2D eigenvalue weighted by molar-refractivity contribution is 0.564. The Kier molecular flexibility index (Phi) is 5.36. The van der Waals surface area contributed by atoms with E-state index in [-0.39, 0.29) is 6.04 Å². The molecule has 2 aromatic rings. The second kappa shape index (κ2) is 7.03.